The molecule has 1 aromatic carbocycles. The molecule has 0 N–H and O–H groups in total. The van der Waals surface area contributed by atoms with Gasteiger partial charge in [-0.15, -0.1) is 0 Å². The molecule has 0 unspecified atom stereocenters. The number of amides is 1. The van der Waals surface area contributed by atoms with E-state index in [1.165, 1.54) is 31.5 Å². The molecule has 0 saturated carbocycles. The molecule has 5 aliphatic rings. The van der Waals surface area contributed by atoms with Gasteiger partial charge < -0.3 is 14.4 Å². The van der Waals surface area contributed by atoms with Gasteiger partial charge in [-0.2, -0.15) is 0 Å². The van der Waals surface area contributed by atoms with Crippen molar-refractivity contribution in [1.29, 1.82) is 0 Å². The second kappa shape index (κ2) is 5.38. The van der Waals surface area contributed by atoms with E-state index in [4.69, 9.17) is 9.47 Å². The van der Waals surface area contributed by atoms with E-state index in [1.807, 2.05) is 13.0 Å². The SMILES string of the molecule is CCC(=O)N1C[C@@H](c2ccc3c(c2)OCO3)[C@@H]2[C@H]1C1CCN2CC1. The number of ether oxygens (including phenoxy) is 2. The summed E-state index contributed by atoms with van der Waals surface area (Å²) in [7, 11) is 0. The molecule has 0 aliphatic carbocycles. The third kappa shape index (κ3) is 2.00. The Balaban J connectivity index is 1.52. The van der Waals surface area contributed by atoms with Crippen LogP contribution in [0.3, 0.4) is 0 Å². The first-order valence-corrected chi connectivity index (χ1v) is 9.19. The van der Waals surface area contributed by atoms with Gasteiger partial charge in [-0.3, -0.25) is 9.69 Å². The number of nitrogens with zero attached hydrogens (tertiary/aromatic N) is 2. The smallest absolute Gasteiger partial charge is 0.231 e. The molecule has 24 heavy (non-hydrogen) atoms. The first-order valence-electron chi connectivity index (χ1n) is 9.19. The van der Waals surface area contributed by atoms with Crippen LogP contribution in [-0.2, 0) is 4.79 Å². The summed E-state index contributed by atoms with van der Waals surface area (Å²) in [5.74, 6) is 3.04. The Morgan fingerprint density at radius 3 is 2.75 bits per heavy atom. The Labute approximate surface area is 142 Å². The van der Waals surface area contributed by atoms with Gasteiger partial charge in [0.2, 0.25) is 12.7 Å². The normalized spacial score (nSPS) is 36.0. The number of piperidine rings is 3. The van der Waals surface area contributed by atoms with Crippen LogP contribution in [-0.4, -0.2) is 54.2 Å². The molecule has 2 bridgehead atoms. The third-order valence-electron chi connectivity index (χ3n) is 6.44. The van der Waals surface area contributed by atoms with Gasteiger partial charge in [0.15, 0.2) is 11.5 Å². The lowest BCUT2D eigenvalue weighted by atomic mass is 9.75. The maximum atomic E-state index is 12.6. The highest BCUT2D eigenvalue weighted by Gasteiger charge is 2.54. The molecule has 1 amide bonds. The van der Waals surface area contributed by atoms with Gasteiger partial charge in [0.25, 0.3) is 0 Å². The van der Waals surface area contributed by atoms with Crippen LogP contribution in [0.15, 0.2) is 18.2 Å². The number of fused-ring (bicyclic) bond motifs is 3. The predicted octanol–water partition coefficient (Wildman–Crippen LogP) is 2.21. The van der Waals surface area contributed by atoms with Crippen molar-refractivity contribution in [2.24, 2.45) is 5.92 Å². The lowest BCUT2D eigenvalue weighted by Crippen LogP contribution is -2.60. The highest BCUT2D eigenvalue weighted by molar-refractivity contribution is 5.77. The maximum Gasteiger partial charge on any atom is 0.231 e. The second-order valence-electron chi connectivity index (χ2n) is 7.47. The number of likely N-dealkylation sites (tertiary alicyclic amines) is 1. The molecule has 0 spiro atoms. The van der Waals surface area contributed by atoms with Crippen molar-refractivity contribution >= 4 is 5.91 Å². The number of benzene rings is 1. The van der Waals surface area contributed by atoms with E-state index in [0.29, 0.717) is 43.0 Å². The number of rotatable bonds is 2. The minimum Gasteiger partial charge on any atom is -0.454 e. The van der Waals surface area contributed by atoms with Crippen molar-refractivity contribution < 1.29 is 14.3 Å². The molecule has 4 fully saturated rings. The fourth-order valence-corrected chi connectivity index (χ4v) is 5.34. The van der Waals surface area contributed by atoms with E-state index in [0.717, 1.165) is 18.0 Å². The minimum atomic E-state index is 0.307. The van der Waals surface area contributed by atoms with E-state index in [1.54, 1.807) is 0 Å². The van der Waals surface area contributed by atoms with Crippen LogP contribution in [0.25, 0.3) is 0 Å². The van der Waals surface area contributed by atoms with Crippen LogP contribution in [0, 0.1) is 5.92 Å². The largest absolute Gasteiger partial charge is 0.454 e. The van der Waals surface area contributed by atoms with Gasteiger partial charge in [-0.1, -0.05) is 13.0 Å². The van der Waals surface area contributed by atoms with E-state index >= 15 is 0 Å². The van der Waals surface area contributed by atoms with Gasteiger partial charge in [0.05, 0.1) is 6.04 Å². The van der Waals surface area contributed by atoms with Gasteiger partial charge in [-0.05, 0) is 49.5 Å². The Morgan fingerprint density at radius 2 is 1.96 bits per heavy atom. The fourth-order valence-electron chi connectivity index (χ4n) is 5.34. The average Bonchev–Trinajstić information content (AvgIpc) is 3.27. The van der Waals surface area contributed by atoms with Crippen LogP contribution in [0.4, 0.5) is 0 Å². The Bertz CT molecular complexity index is 669. The molecule has 0 radical (unpaired) electrons. The van der Waals surface area contributed by atoms with Crippen LogP contribution in [0.5, 0.6) is 11.5 Å². The lowest BCUT2D eigenvalue weighted by Gasteiger charge is -2.51. The zero-order valence-corrected chi connectivity index (χ0v) is 14.1. The summed E-state index contributed by atoms with van der Waals surface area (Å²) in [6, 6.07) is 7.18. The van der Waals surface area contributed by atoms with Gasteiger partial charge >= 0.3 is 0 Å². The predicted molar refractivity (Wildman–Crippen MR) is 89.2 cm³/mol. The molecule has 5 heterocycles. The summed E-state index contributed by atoms with van der Waals surface area (Å²) < 4.78 is 11.0. The number of hydrogen-bond acceptors (Lipinski definition) is 4. The topological polar surface area (TPSA) is 42.0 Å². The monoisotopic (exact) mass is 328 g/mol. The van der Waals surface area contributed by atoms with E-state index < -0.39 is 0 Å². The molecule has 128 valence electrons. The maximum absolute atomic E-state index is 12.6. The van der Waals surface area contributed by atoms with Gasteiger partial charge in [0.1, 0.15) is 0 Å². The van der Waals surface area contributed by atoms with Crippen molar-refractivity contribution in [3.8, 4) is 11.5 Å². The standard InChI is InChI=1S/C19H24N2O3/c1-2-17(22)21-10-14(13-3-4-15-16(9-13)24-11-23-15)19-18(21)12-5-7-20(19)8-6-12/h3-4,9,12,14,18-19H,2,5-8,10-11H2,1H3/t14-,18+,19+/m0/s1. The summed E-state index contributed by atoms with van der Waals surface area (Å²) in [5.41, 5.74) is 1.29. The number of carbonyl (C=O) groups is 1. The van der Waals surface area contributed by atoms with Crippen molar-refractivity contribution in [2.45, 2.75) is 44.2 Å². The molecular weight excluding hydrogens is 304 g/mol. The quantitative estimate of drug-likeness (QED) is 0.835. The molecule has 5 nitrogen and oxygen atoms in total. The van der Waals surface area contributed by atoms with E-state index in [9.17, 15) is 4.79 Å². The zero-order valence-electron chi connectivity index (χ0n) is 14.1. The van der Waals surface area contributed by atoms with Crippen LogP contribution >= 0.6 is 0 Å². The summed E-state index contributed by atoms with van der Waals surface area (Å²) in [5, 5.41) is 0. The van der Waals surface area contributed by atoms with Crippen molar-refractivity contribution in [2.75, 3.05) is 26.4 Å². The molecule has 6 rings (SSSR count). The van der Waals surface area contributed by atoms with E-state index in [2.05, 4.69) is 21.9 Å². The molecular formula is C19H24N2O3. The Kier molecular flexibility index (Phi) is 3.27. The summed E-state index contributed by atoms with van der Waals surface area (Å²) >= 11 is 0. The highest BCUT2D eigenvalue weighted by atomic mass is 16.7. The Hall–Kier alpha value is -1.75. The summed E-state index contributed by atoms with van der Waals surface area (Å²) in [6.45, 7) is 5.49. The van der Waals surface area contributed by atoms with Crippen LogP contribution in [0.2, 0.25) is 0 Å². The minimum absolute atomic E-state index is 0.307. The van der Waals surface area contributed by atoms with Gasteiger partial charge in [-0.25, -0.2) is 0 Å². The van der Waals surface area contributed by atoms with Crippen molar-refractivity contribution in [3.63, 3.8) is 0 Å². The van der Waals surface area contributed by atoms with Crippen molar-refractivity contribution in [3.05, 3.63) is 23.8 Å². The zero-order chi connectivity index (χ0) is 16.3. The molecule has 5 aliphatic heterocycles. The Morgan fingerprint density at radius 1 is 1.17 bits per heavy atom. The van der Waals surface area contributed by atoms with Crippen LogP contribution < -0.4 is 9.47 Å². The lowest BCUT2D eigenvalue weighted by molar-refractivity contribution is -0.135. The third-order valence-corrected chi connectivity index (χ3v) is 6.44. The van der Waals surface area contributed by atoms with E-state index in [-0.39, 0.29) is 0 Å². The molecule has 0 aromatic heterocycles. The van der Waals surface area contributed by atoms with Gasteiger partial charge in [0, 0.05) is 24.9 Å². The summed E-state index contributed by atoms with van der Waals surface area (Å²) in [6.07, 6.45) is 3.08. The first-order chi connectivity index (χ1) is 11.8. The highest BCUT2D eigenvalue weighted by Crippen LogP contribution is 2.48. The van der Waals surface area contributed by atoms with Crippen LogP contribution in [0.1, 0.15) is 37.7 Å². The molecule has 4 saturated heterocycles. The number of hydrogen-bond donors (Lipinski definition) is 0. The number of carbonyl (C=O) groups excluding carboxylic acids is 1. The fraction of sp³-hybridized carbons (Fsp3) is 0.632. The molecule has 5 heteroatoms. The van der Waals surface area contributed by atoms with Crippen molar-refractivity contribution in [1.82, 2.24) is 9.80 Å². The average molecular weight is 328 g/mol. The molecule has 3 atom stereocenters. The second-order valence-corrected chi connectivity index (χ2v) is 7.47. The molecule has 1 aromatic rings. The first kappa shape index (κ1) is 14.6. The summed E-state index contributed by atoms with van der Waals surface area (Å²) in [4.78, 5) is 17.4.